The highest BCUT2D eigenvalue weighted by Crippen LogP contribution is 2.43. The van der Waals surface area contributed by atoms with Crippen LogP contribution < -0.4 is 9.64 Å². The number of phenolic OH excluding ortho intramolecular Hbond substituents is 1. The fourth-order valence-corrected chi connectivity index (χ4v) is 4.57. The number of nitrogens with zero attached hydrogens (tertiary/aromatic N) is 1. The maximum absolute atomic E-state index is 13.2. The molecule has 1 saturated heterocycles. The second kappa shape index (κ2) is 7.81. The van der Waals surface area contributed by atoms with E-state index in [0.29, 0.717) is 23.2 Å². The number of aliphatic hydroxyl groups excluding tert-OH is 1. The molecule has 0 bridgehead atoms. The number of ether oxygens (including phenoxy) is 1. The van der Waals surface area contributed by atoms with Gasteiger partial charge in [-0.1, -0.05) is 24.3 Å². The van der Waals surface area contributed by atoms with E-state index >= 15 is 0 Å². The Labute approximate surface area is 191 Å². The minimum atomic E-state index is -0.837. The lowest BCUT2D eigenvalue weighted by molar-refractivity contribution is -0.132. The van der Waals surface area contributed by atoms with Crippen molar-refractivity contribution in [2.75, 3.05) is 4.90 Å². The molecule has 6 nitrogen and oxygen atoms in total. The smallest absolute Gasteiger partial charge is 0.300 e. The predicted molar refractivity (Wildman–Crippen MR) is 124 cm³/mol. The molecule has 0 spiro atoms. The summed E-state index contributed by atoms with van der Waals surface area (Å²) in [5.41, 5.74) is 3.52. The number of aryl methyl sites for hydroxylation is 1. The Bertz CT molecular complexity index is 1310. The molecule has 3 aromatic carbocycles. The number of fused-ring (bicyclic) bond motifs is 1. The molecule has 3 aromatic rings. The van der Waals surface area contributed by atoms with Crippen LogP contribution >= 0.6 is 0 Å². The van der Waals surface area contributed by atoms with Crippen LogP contribution in [0.1, 0.15) is 35.2 Å². The summed E-state index contributed by atoms with van der Waals surface area (Å²) in [5.74, 6) is -0.868. The van der Waals surface area contributed by atoms with Gasteiger partial charge in [0.2, 0.25) is 0 Å². The number of anilines is 1. The molecule has 166 valence electrons. The van der Waals surface area contributed by atoms with Crippen LogP contribution in [-0.2, 0) is 16.0 Å². The van der Waals surface area contributed by atoms with Crippen molar-refractivity contribution in [1.82, 2.24) is 0 Å². The number of carbonyl (C=O) groups excluding carboxylic acids is 2. The van der Waals surface area contributed by atoms with E-state index < -0.39 is 17.7 Å². The molecule has 6 heteroatoms. The van der Waals surface area contributed by atoms with Gasteiger partial charge in [-0.25, -0.2) is 0 Å². The second-order valence-electron chi connectivity index (χ2n) is 8.55. The summed E-state index contributed by atoms with van der Waals surface area (Å²) in [6.07, 6.45) is 0.747. The SMILES string of the molecule is Cc1cccc(N2C(=O)C(=O)/C(=C(\O)c3ccc4c(c3)CC(C)O4)C2c2ccc(O)cc2)c1. The third kappa shape index (κ3) is 3.53. The Morgan fingerprint density at radius 1 is 1.03 bits per heavy atom. The molecule has 0 aromatic heterocycles. The Morgan fingerprint density at radius 2 is 1.79 bits per heavy atom. The molecule has 2 unspecified atom stereocenters. The monoisotopic (exact) mass is 441 g/mol. The molecule has 2 heterocycles. The van der Waals surface area contributed by atoms with Crippen LogP contribution in [0.15, 0.2) is 72.3 Å². The van der Waals surface area contributed by atoms with Gasteiger partial charge in [0.25, 0.3) is 11.7 Å². The van der Waals surface area contributed by atoms with Gasteiger partial charge in [-0.2, -0.15) is 0 Å². The van der Waals surface area contributed by atoms with Gasteiger partial charge in [-0.15, -0.1) is 0 Å². The van der Waals surface area contributed by atoms with Crippen molar-refractivity contribution >= 4 is 23.1 Å². The third-order valence-corrected chi connectivity index (χ3v) is 6.10. The number of amides is 1. The maximum Gasteiger partial charge on any atom is 0.300 e. The first kappa shape index (κ1) is 20.8. The minimum absolute atomic E-state index is 0.0131. The number of rotatable bonds is 3. The lowest BCUT2D eigenvalue weighted by Gasteiger charge is -2.25. The first-order valence-electron chi connectivity index (χ1n) is 10.8. The zero-order valence-electron chi connectivity index (χ0n) is 18.3. The number of carbonyl (C=O) groups is 2. The summed E-state index contributed by atoms with van der Waals surface area (Å²) in [5, 5.41) is 21.1. The first-order valence-corrected chi connectivity index (χ1v) is 10.8. The Kier molecular flexibility index (Phi) is 4.93. The normalized spacial score (nSPS) is 21.2. The molecule has 0 aliphatic carbocycles. The Balaban J connectivity index is 1.69. The maximum atomic E-state index is 13.2. The first-order chi connectivity index (χ1) is 15.8. The van der Waals surface area contributed by atoms with Gasteiger partial charge in [0.1, 0.15) is 23.4 Å². The van der Waals surface area contributed by atoms with E-state index in [9.17, 15) is 19.8 Å². The van der Waals surface area contributed by atoms with Crippen molar-refractivity contribution in [3.8, 4) is 11.5 Å². The number of ketones is 1. The molecule has 1 fully saturated rings. The molecule has 33 heavy (non-hydrogen) atoms. The van der Waals surface area contributed by atoms with Gasteiger partial charge in [0.15, 0.2) is 0 Å². The lowest BCUT2D eigenvalue weighted by Crippen LogP contribution is -2.29. The van der Waals surface area contributed by atoms with Crippen LogP contribution in [-0.4, -0.2) is 28.0 Å². The van der Waals surface area contributed by atoms with Crippen LogP contribution in [0.3, 0.4) is 0 Å². The Morgan fingerprint density at radius 3 is 2.52 bits per heavy atom. The van der Waals surface area contributed by atoms with E-state index in [-0.39, 0.29) is 23.2 Å². The number of hydrogen-bond acceptors (Lipinski definition) is 5. The van der Waals surface area contributed by atoms with E-state index in [1.54, 1.807) is 30.3 Å². The number of phenols is 1. The number of hydrogen-bond donors (Lipinski definition) is 2. The van der Waals surface area contributed by atoms with E-state index in [2.05, 4.69) is 0 Å². The lowest BCUT2D eigenvalue weighted by atomic mass is 9.94. The minimum Gasteiger partial charge on any atom is -0.508 e. The van der Waals surface area contributed by atoms with Crippen molar-refractivity contribution in [2.24, 2.45) is 0 Å². The van der Waals surface area contributed by atoms with Crippen molar-refractivity contribution in [1.29, 1.82) is 0 Å². The average molecular weight is 441 g/mol. The van der Waals surface area contributed by atoms with Crippen LogP contribution in [0.4, 0.5) is 5.69 Å². The van der Waals surface area contributed by atoms with Crippen LogP contribution in [0.25, 0.3) is 5.76 Å². The zero-order chi connectivity index (χ0) is 23.3. The quantitative estimate of drug-likeness (QED) is 0.351. The molecular weight excluding hydrogens is 418 g/mol. The average Bonchev–Trinajstić information content (AvgIpc) is 3.29. The molecule has 2 atom stereocenters. The molecule has 2 aliphatic heterocycles. The van der Waals surface area contributed by atoms with E-state index in [0.717, 1.165) is 16.9 Å². The van der Waals surface area contributed by atoms with Gasteiger partial charge in [0.05, 0.1) is 11.6 Å². The van der Waals surface area contributed by atoms with Gasteiger partial charge >= 0.3 is 0 Å². The van der Waals surface area contributed by atoms with Crippen molar-refractivity contribution in [3.05, 3.63) is 94.6 Å². The number of benzene rings is 3. The second-order valence-corrected chi connectivity index (χ2v) is 8.55. The van der Waals surface area contributed by atoms with Crippen LogP contribution in [0.5, 0.6) is 11.5 Å². The summed E-state index contributed by atoms with van der Waals surface area (Å²) in [6, 6.07) is 18.1. The van der Waals surface area contributed by atoms with E-state index in [1.807, 2.05) is 38.1 Å². The van der Waals surface area contributed by atoms with Crippen LogP contribution in [0.2, 0.25) is 0 Å². The number of aromatic hydroxyl groups is 1. The highest BCUT2D eigenvalue weighted by atomic mass is 16.5. The van der Waals surface area contributed by atoms with Crippen LogP contribution in [0, 0.1) is 6.92 Å². The highest BCUT2D eigenvalue weighted by molar-refractivity contribution is 6.51. The summed E-state index contributed by atoms with van der Waals surface area (Å²) >= 11 is 0. The molecule has 0 saturated carbocycles. The summed E-state index contributed by atoms with van der Waals surface area (Å²) in [6.45, 7) is 3.88. The fraction of sp³-hybridized carbons (Fsp3) is 0.185. The summed E-state index contributed by atoms with van der Waals surface area (Å²) < 4.78 is 5.74. The zero-order valence-corrected chi connectivity index (χ0v) is 18.3. The standard InChI is InChI=1S/C27H23NO5/c1-15-4-3-5-20(12-15)28-24(17-6-9-21(29)10-7-17)23(26(31)27(28)32)25(30)18-8-11-22-19(14-18)13-16(2)33-22/h3-12,14,16,24,29-30H,13H2,1-2H3/b25-23-. The van der Waals surface area contributed by atoms with Crippen molar-refractivity contribution in [2.45, 2.75) is 32.4 Å². The fourth-order valence-electron chi connectivity index (χ4n) is 4.57. The molecule has 1 amide bonds. The van der Waals surface area contributed by atoms with Gasteiger partial charge in [-0.05, 0) is 73.0 Å². The third-order valence-electron chi connectivity index (χ3n) is 6.10. The van der Waals surface area contributed by atoms with E-state index in [1.165, 1.54) is 17.0 Å². The summed E-state index contributed by atoms with van der Waals surface area (Å²) in [7, 11) is 0. The van der Waals surface area contributed by atoms with Crippen molar-refractivity contribution < 1.29 is 24.5 Å². The largest absolute Gasteiger partial charge is 0.508 e. The van der Waals surface area contributed by atoms with Gasteiger partial charge in [0, 0.05) is 17.7 Å². The topological polar surface area (TPSA) is 87.1 Å². The van der Waals surface area contributed by atoms with Crippen molar-refractivity contribution in [3.63, 3.8) is 0 Å². The van der Waals surface area contributed by atoms with E-state index in [4.69, 9.17) is 4.74 Å². The van der Waals surface area contributed by atoms with Gasteiger partial charge < -0.3 is 14.9 Å². The predicted octanol–water partition coefficient (Wildman–Crippen LogP) is 4.65. The summed E-state index contributed by atoms with van der Waals surface area (Å²) in [4.78, 5) is 27.9. The van der Waals surface area contributed by atoms with Gasteiger partial charge in [-0.3, -0.25) is 14.5 Å². The molecule has 5 rings (SSSR count). The number of Topliss-reactive ketones (excluding diaryl/α,β-unsaturated/α-hetero) is 1. The highest BCUT2D eigenvalue weighted by Gasteiger charge is 2.47. The number of aliphatic hydroxyl groups is 1. The molecular formula is C27H23NO5. The molecule has 0 radical (unpaired) electrons. The molecule has 2 aliphatic rings. The Hall–Kier alpha value is -4.06. The molecule has 2 N–H and O–H groups in total.